The minimum absolute atomic E-state index is 0.140. The summed E-state index contributed by atoms with van der Waals surface area (Å²) >= 11 is 0. The molecule has 3 rings (SSSR count). The van der Waals surface area contributed by atoms with Crippen LogP contribution in [0.5, 0.6) is 0 Å². The normalized spacial score (nSPS) is 19.5. The summed E-state index contributed by atoms with van der Waals surface area (Å²) < 4.78 is 28.9. The lowest BCUT2D eigenvalue weighted by Crippen LogP contribution is -2.41. The predicted molar refractivity (Wildman–Crippen MR) is 88.6 cm³/mol. The molecule has 0 aliphatic carbocycles. The molecule has 0 radical (unpaired) electrons. The topological polar surface area (TPSA) is 88.3 Å². The van der Waals surface area contributed by atoms with E-state index in [2.05, 4.69) is 10.3 Å². The number of aryl methyl sites for hydroxylation is 1. The first-order valence-corrected chi connectivity index (χ1v) is 9.50. The summed E-state index contributed by atoms with van der Waals surface area (Å²) in [5, 5.41) is 16.9. The molecule has 0 amide bonds. The second kappa shape index (κ2) is 7.00. The van der Waals surface area contributed by atoms with E-state index in [-0.39, 0.29) is 12.5 Å². The summed E-state index contributed by atoms with van der Waals surface area (Å²) in [5.74, 6) is 0.187. The SMILES string of the molecule is Cc1cccc(S(=O)(=O)N2CCCC(Cn3cc(CO)nn3)C2)c1. The van der Waals surface area contributed by atoms with E-state index in [0.29, 0.717) is 30.2 Å². The Morgan fingerprint density at radius 3 is 2.92 bits per heavy atom. The Labute approximate surface area is 142 Å². The lowest BCUT2D eigenvalue weighted by atomic mass is 10.00. The highest BCUT2D eigenvalue weighted by Gasteiger charge is 2.30. The van der Waals surface area contributed by atoms with Gasteiger partial charge in [-0.05, 0) is 43.4 Å². The number of aromatic nitrogens is 3. The van der Waals surface area contributed by atoms with E-state index in [9.17, 15) is 8.42 Å². The molecule has 1 unspecified atom stereocenters. The maximum atomic E-state index is 12.8. The Morgan fingerprint density at radius 2 is 2.21 bits per heavy atom. The maximum Gasteiger partial charge on any atom is 0.243 e. The maximum absolute atomic E-state index is 12.8. The third-order valence-electron chi connectivity index (χ3n) is 4.30. The van der Waals surface area contributed by atoms with Crippen molar-refractivity contribution in [3.05, 3.63) is 41.7 Å². The van der Waals surface area contributed by atoms with E-state index in [1.165, 1.54) is 0 Å². The van der Waals surface area contributed by atoms with Crippen molar-refractivity contribution in [2.75, 3.05) is 13.1 Å². The molecule has 7 nitrogen and oxygen atoms in total. The Hall–Kier alpha value is -1.77. The van der Waals surface area contributed by atoms with Gasteiger partial charge in [0.25, 0.3) is 0 Å². The van der Waals surface area contributed by atoms with Crippen LogP contribution in [0.3, 0.4) is 0 Å². The average molecular weight is 350 g/mol. The van der Waals surface area contributed by atoms with Crippen LogP contribution in [0.25, 0.3) is 0 Å². The number of sulfonamides is 1. The standard InChI is InChI=1S/C16H22N4O3S/c1-13-4-2-6-16(8-13)24(22,23)20-7-3-5-14(10-20)9-19-11-15(12-21)17-18-19/h2,4,6,8,11,14,21H,3,5,7,9-10,12H2,1H3. The van der Waals surface area contributed by atoms with Crippen LogP contribution in [-0.4, -0.2) is 45.9 Å². The molecule has 0 bridgehead atoms. The Bertz CT molecular complexity index is 803. The van der Waals surface area contributed by atoms with Crippen molar-refractivity contribution in [1.29, 1.82) is 0 Å². The van der Waals surface area contributed by atoms with E-state index >= 15 is 0 Å². The second-order valence-corrected chi connectivity index (χ2v) is 8.22. The van der Waals surface area contributed by atoms with Crippen LogP contribution in [0.4, 0.5) is 0 Å². The van der Waals surface area contributed by atoms with E-state index in [0.717, 1.165) is 18.4 Å². The molecule has 0 spiro atoms. The Morgan fingerprint density at radius 1 is 1.38 bits per heavy atom. The van der Waals surface area contributed by atoms with Gasteiger partial charge in [0.15, 0.2) is 0 Å². The molecule has 1 aliphatic heterocycles. The zero-order valence-corrected chi connectivity index (χ0v) is 14.5. The Balaban J connectivity index is 1.72. The quantitative estimate of drug-likeness (QED) is 0.875. The first-order chi connectivity index (χ1) is 11.5. The average Bonchev–Trinajstić information content (AvgIpc) is 3.03. The molecule has 0 saturated carbocycles. The zero-order chi connectivity index (χ0) is 17.2. The second-order valence-electron chi connectivity index (χ2n) is 6.28. The molecule has 2 heterocycles. The third-order valence-corrected chi connectivity index (χ3v) is 6.16. The fourth-order valence-electron chi connectivity index (χ4n) is 3.08. The molecule has 1 N–H and O–H groups in total. The molecular formula is C16H22N4O3S. The highest BCUT2D eigenvalue weighted by molar-refractivity contribution is 7.89. The number of hydrogen-bond donors (Lipinski definition) is 1. The van der Waals surface area contributed by atoms with Gasteiger partial charge in [0.05, 0.1) is 17.7 Å². The van der Waals surface area contributed by atoms with Gasteiger partial charge in [-0.1, -0.05) is 17.3 Å². The van der Waals surface area contributed by atoms with E-state index in [4.69, 9.17) is 5.11 Å². The van der Waals surface area contributed by atoms with Crippen molar-refractivity contribution in [3.63, 3.8) is 0 Å². The minimum Gasteiger partial charge on any atom is -0.390 e. The molecule has 1 aromatic carbocycles. The summed E-state index contributed by atoms with van der Waals surface area (Å²) in [4.78, 5) is 0.353. The largest absolute Gasteiger partial charge is 0.390 e. The van der Waals surface area contributed by atoms with E-state index < -0.39 is 10.0 Å². The van der Waals surface area contributed by atoms with Crippen LogP contribution in [0.15, 0.2) is 35.4 Å². The number of hydrogen-bond acceptors (Lipinski definition) is 5. The number of rotatable bonds is 5. The van der Waals surface area contributed by atoms with Gasteiger partial charge < -0.3 is 5.11 Å². The molecule has 1 saturated heterocycles. The summed E-state index contributed by atoms with van der Waals surface area (Å²) in [5.41, 5.74) is 1.46. The van der Waals surface area contributed by atoms with Crippen molar-refractivity contribution in [1.82, 2.24) is 19.3 Å². The monoisotopic (exact) mass is 350 g/mol. The van der Waals surface area contributed by atoms with Crippen LogP contribution >= 0.6 is 0 Å². The Kier molecular flexibility index (Phi) is 4.98. The van der Waals surface area contributed by atoms with Gasteiger partial charge in [-0.2, -0.15) is 4.31 Å². The molecule has 8 heteroatoms. The number of aliphatic hydroxyl groups is 1. The van der Waals surface area contributed by atoms with Crippen LogP contribution in [0.2, 0.25) is 0 Å². The van der Waals surface area contributed by atoms with Crippen molar-refractivity contribution < 1.29 is 13.5 Å². The highest BCUT2D eigenvalue weighted by atomic mass is 32.2. The van der Waals surface area contributed by atoms with E-state index in [1.54, 1.807) is 33.4 Å². The van der Waals surface area contributed by atoms with Gasteiger partial charge in [0.2, 0.25) is 10.0 Å². The van der Waals surface area contributed by atoms with Crippen LogP contribution in [-0.2, 0) is 23.2 Å². The first-order valence-electron chi connectivity index (χ1n) is 8.06. The van der Waals surface area contributed by atoms with Gasteiger partial charge in [0, 0.05) is 19.6 Å². The van der Waals surface area contributed by atoms with Crippen molar-refractivity contribution in [3.8, 4) is 0 Å². The fraction of sp³-hybridized carbons (Fsp3) is 0.500. The van der Waals surface area contributed by atoms with Crippen LogP contribution in [0.1, 0.15) is 24.1 Å². The van der Waals surface area contributed by atoms with Gasteiger partial charge in [-0.3, -0.25) is 4.68 Å². The molecular weight excluding hydrogens is 328 g/mol. The minimum atomic E-state index is -3.46. The van der Waals surface area contributed by atoms with Crippen molar-refractivity contribution in [2.24, 2.45) is 5.92 Å². The zero-order valence-electron chi connectivity index (χ0n) is 13.7. The molecule has 1 aromatic heterocycles. The lowest BCUT2D eigenvalue weighted by Gasteiger charge is -2.31. The molecule has 1 atom stereocenters. The summed E-state index contributed by atoms with van der Waals surface area (Å²) in [7, 11) is -3.46. The van der Waals surface area contributed by atoms with Crippen molar-refractivity contribution in [2.45, 2.75) is 37.8 Å². The molecule has 130 valence electrons. The summed E-state index contributed by atoms with van der Waals surface area (Å²) in [6.07, 6.45) is 3.49. The smallest absolute Gasteiger partial charge is 0.243 e. The van der Waals surface area contributed by atoms with Gasteiger partial charge in [0.1, 0.15) is 5.69 Å². The van der Waals surface area contributed by atoms with E-state index in [1.807, 2.05) is 13.0 Å². The summed E-state index contributed by atoms with van der Waals surface area (Å²) in [6.45, 7) is 3.38. The first kappa shape index (κ1) is 17.1. The van der Waals surface area contributed by atoms with Crippen molar-refractivity contribution >= 4 is 10.0 Å². The molecule has 1 fully saturated rings. The third kappa shape index (κ3) is 3.66. The highest BCUT2D eigenvalue weighted by Crippen LogP contribution is 2.25. The number of nitrogens with zero attached hydrogens (tertiary/aromatic N) is 4. The van der Waals surface area contributed by atoms with Gasteiger partial charge in [-0.25, -0.2) is 8.42 Å². The molecule has 2 aromatic rings. The molecule has 1 aliphatic rings. The molecule has 24 heavy (non-hydrogen) atoms. The number of aliphatic hydroxyl groups excluding tert-OH is 1. The number of piperidine rings is 1. The lowest BCUT2D eigenvalue weighted by molar-refractivity contribution is 0.238. The summed E-state index contributed by atoms with van der Waals surface area (Å²) in [6, 6.07) is 7.03. The van der Waals surface area contributed by atoms with Crippen LogP contribution < -0.4 is 0 Å². The van der Waals surface area contributed by atoms with Gasteiger partial charge in [-0.15, -0.1) is 5.10 Å². The number of benzene rings is 1. The van der Waals surface area contributed by atoms with Gasteiger partial charge >= 0.3 is 0 Å². The predicted octanol–water partition coefficient (Wildman–Crippen LogP) is 1.18. The van der Waals surface area contributed by atoms with Crippen LogP contribution in [0, 0.1) is 12.8 Å². The fourth-order valence-corrected chi connectivity index (χ4v) is 4.74.